The van der Waals surface area contributed by atoms with Crippen molar-refractivity contribution in [1.82, 2.24) is 5.32 Å². The number of carboxylic acid groups (broad SMARTS) is 1. The van der Waals surface area contributed by atoms with Crippen LogP contribution in [-0.4, -0.2) is 23.8 Å². The van der Waals surface area contributed by atoms with Gasteiger partial charge >= 0.3 is 12.1 Å². The van der Waals surface area contributed by atoms with Crippen molar-refractivity contribution >= 4 is 12.1 Å². The normalized spacial score (nSPS) is 20.4. The molecular weight excluding hydrogens is 246 g/mol. The molecule has 0 heterocycles. The molecule has 0 bridgehead atoms. The van der Waals surface area contributed by atoms with Crippen molar-refractivity contribution in [2.45, 2.75) is 12.5 Å². The van der Waals surface area contributed by atoms with E-state index in [1.165, 1.54) is 6.08 Å². The maximum atomic E-state index is 11.6. The van der Waals surface area contributed by atoms with Crippen molar-refractivity contribution < 1.29 is 19.4 Å². The summed E-state index contributed by atoms with van der Waals surface area (Å²) in [6, 6.07) is 6.84. The first-order valence-electron chi connectivity index (χ1n) is 5.98. The van der Waals surface area contributed by atoms with E-state index in [0.717, 1.165) is 11.1 Å². The van der Waals surface area contributed by atoms with Crippen LogP contribution in [0.2, 0.25) is 0 Å². The lowest BCUT2D eigenvalue weighted by Gasteiger charge is -2.18. The highest BCUT2D eigenvalue weighted by atomic mass is 16.5. The summed E-state index contributed by atoms with van der Waals surface area (Å²) in [5.74, 6) is -1.58. The molecule has 19 heavy (non-hydrogen) atoms. The van der Waals surface area contributed by atoms with E-state index in [4.69, 9.17) is 4.74 Å². The van der Waals surface area contributed by atoms with Gasteiger partial charge in [-0.1, -0.05) is 36.9 Å². The zero-order valence-electron chi connectivity index (χ0n) is 10.3. The molecule has 2 atom stereocenters. The summed E-state index contributed by atoms with van der Waals surface area (Å²) in [5.41, 5.74) is 1.79. The van der Waals surface area contributed by atoms with Crippen LogP contribution in [0.4, 0.5) is 4.79 Å². The number of carbonyl (C=O) groups excluding carboxylic acids is 1. The van der Waals surface area contributed by atoms with Crippen LogP contribution < -0.4 is 5.32 Å². The Labute approximate surface area is 110 Å². The van der Waals surface area contributed by atoms with Crippen molar-refractivity contribution in [1.29, 1.82) is 0 Å². The van der Waals surface area contributed by atoms with Gasteiger partial charge < -0.3 is 15.2 Å². The number of carboxylic acids is 1. The first kappa shape index (κ1) is 13.1. The van der Waals surface area contributed by atoms with Gasteiger partial charge in [-0.2, -0.15) is 0 Å². The van der Waals surface area contributed by atoms with Crippen LogP contribution in [0.25, 0.3) is 0 Å². The Morgan fingerprint density at radius 1 is 1.47 bits per heavy atom. The lowest BCUT2D eigenvalue weighted by atomic mass is 10.0. The van der Waals surface area contributed by atoms with E-state index in [2.05, 4.69) is 11.9 Å². The van der Waals surface area contributed by atoms with Crippen LogP contribution in [-0.2, 0) is 16.0 Å². The van der Waals surface area contributed by atoms with Gasteiger partial charge in [-0.25, -0.2) is 4.79 Å². The van der Waals surface area contributed by atoms with E-state index < -0.39 is 24.0 Å². The fourth-order valence-electron chi connectivity index (χ4n) is 2.31. The Hall–Kier alpha value is -2.30. The fourth-order valence-corrected chi connectivity index (χ4v) is 2.31. The molecule has 5 nitrogen and oxygen atoms in total. The summed E-state index contributed by atoms with van der Waals surface area (Å²) in [5, 5.41) is 11.8. The Kier molecular flexibility index (Phi) is 3.85. The Bertz CT molecular complexity index is 512. The highest BCUT2D eigenvalue weighted by molar-refractivity contribution is 5.76. The van der Waals surface area contributed by atoms with Crippen molar-refractivity contribution in [3.8, 4) is 0 Å². The Morgan fingerprint density at radius 3 is 2.89 bits per heavy atom. The molecule has 1 amide bonds. The molecule has 1 aliphatic rings. The monoisotopic (exact) mass is 261 g/mol. The number of fused-ring (bicyclic) bond motifs is 1. The summed E-state index contributed by atoms with van der Waals surface area (Å²) in [6.45, 7) is 3.54. The number of carbonyl (C=O) groups is 2. The second kappa shape index (κ2) is 5.56. The fraction of sp³-hybridized carbons (Fsp3) is 0.286. The van der Waals surface area contributed by atoms with Gasteiger partial charge in [0.1, 0.15) is 6.61 Å². The van der Waals surface area contributed by atoms with Crippen LogP contribution in [0.1, 0.15) is 17.2 Å². The van der Waals surface area contributed by atoms with Crippen LogP contribution in [0, 0.1) is 5.92 Å². The number of nitrogens with one attached hydrogen (secondary N) is 1. The lowest BCUT2D eigenvalue weighted by molar-refractivity contribution is -0.142. The van der Waals surface area contributed by atoms with E-state index >= 15 is 0 Å². The summed E-state index contributed by atoms with van der Waals surface area (Å²) in [7, 11) is 0. The molecule has 1 aliphatic carbocycles. The zero-order chi connectivity index (χ0) is 13.8. The van der Waals surface area contributed by atoms with Crippen LogP contribution in [0.3, 0.4) is 0 Å². The topological polar surface area (TPSA) is 75.6 Å². The van der Waals surface area contributed by atoms with Crippen LogP contribution >= 0.6 is 0 Å². The minimum Gasteiger partial charge on any atom is -0.481 e. The number of aliphatic carboxylic acids is 1. The van der Waals surface area contributed by atoms with Crippen molar-refractivity contribution in [3.63, 3.8) is 0 Å². The van der Waals surface area contributed by atoms with Gasteiger partial charge in [0.25, 0.3) is 0 Å². The first-order valence-corrected chi connectivity index (χ1v) is 5.98. The second-order valence-corrected chi connectivity index (χ2v) is 4.36. The summed E-state index contributed by atoms with van der Waals surface area (Å²) < 4.78 is 4.84. The molecule has 0 spiro atoms. The molecule has 1 aromatic carbocycles. The van der Waals surface area contributed by atoms with Crippen molar-refractivity contribution in [2.75, 3.05) is 6.61 Å². The molecule has 1 aromatic rings. The number of amides is 1. The van der Waals surface area contributed by atoms with Gasteiger partial charge in [0.2, 0.25) is 0 Å². The molecule has 0 saturated heterocycles. The molecule has 5 heteroatoms. The van der Waals surface area contributed by atoms with Gasteiger partial charge in [-0.05, 0) is 17.5 Å². The third kappa shape index (κ3) is 2.76. The first-order chi connectivity index (χ1) is 9.13. The summed E-state index contributed by atoms with van der Waals surface area (Å²) >= 11 is 0. The van der Waals surface area contributed by atoms with E-state index in [0.29, 0.717) is 6.42 Å². The third-order valence-electron chi connectivity index (χ3n) is 3.16. The predicted molar refractivity (Wildman–Crippen MR) is 68.7 cm³/mol. The number of ether oxygens (including phenoxy) is 1. The van der Waals surface area contributed by atoms with Gasteiger partial charge in [0.05, 0.1) is 12.0 Å². The van der Waals surface area contributed by atoms with Crippen molar-refractivity contribution in [3.05, 3.63) is 48.0 Å². The predicted octanol–water partition coefficient (Wildman–Crippen LogP) is 1.90. The number of hydrogen-bond acceptors (Lipinski definition) is 3. The molecule has 0 saturated carbocycles. The highest BCUT2D eigenvalue weighted by Gasteiger charge is 2.38. The quantitative estimate of drug-likeness (QED) is 0.812. The van der Waals surface area contributed by atoms with Crippen LogP contribution in [0.5, 0.6) is 0 Å². The largest absolute Gasteiger partial charge is 0.481 e. The molecule has 0 aromatic heterocycles. The Morgan fingerprint density at radius 2 is 2.21 bits per heavy atom. The molecule has 2 N–H and O–H groups in total. The average molecular weight is 261 g/mol. The van der Waals surface area contributed by atoms with Crippen molar-refractivity contribution in [2.24, 2.45) is 5.92 Å². The SMILES string of the molecule is C=CCOC(=O)N[C@H]1c2ccccc2C[C@H]1C(=O)O. The van der Waals surface area contributed by atoms with Crippen LogP contribution in [0.15, 0.2) is 36.9 Å². The maximum Gasteiger partial charge on any atom is 0.407 e. The number of rotatable bonds is 4. The summed E-state index contributed by atoms with van der Waals surface area (Å²) in [6.07, 6.45) is 1.24. The standard InChI is InChI=1S/C14H15NO4/c1-2-7-19-14(18)15-12-10-6-4-3-5-9(10)8-11(12)13(16)17/h2-6,11-12H,1,7-8H2,(H,15,18)(H,16,17)/t11-,12+/m1/s1. The molecular formula is C14H15NO4. The lowest BCUT2D eigenvalue weighted by Crippen LogP contribution is -2.34. The average Bonchev–Trinajstić information content (AvgIpc) is 2.76. The summed E-state index contributed by atoms with van der Waals surface area (Å²) in [4.78, 5) is 22.8. The molecule has 0 unspecified atom stereocenters. The van der Waals surface area contributed by atoms with E-state index in [1.807, 2.05) is 24.3 Å². The van der Waals surface area contributed by atoms with E-state index in [-0.39, 0.29) is 6.61 Å². The molecule has 0 aliphatic heterocycles. The molecule has 2 rings (SSSR count). The molecule has 0 radical (unpaired) electrons. The minimum atomic E-state index is -0.926. The molecule has 100 valence electrons. The van der Waals surface area contributed by atoms with Gasteiger partial charge in [-0.15, -0.1) is 0 Å². The third-order valence-corrected chi connectivity index (χ3v) is 3.16. The number of hydrogen-bond donors (Lipinski definition) is 2. The van der Waals surface area contributed by atoms with Gasteiger partial charge in [-0.3, -0.25) is 4.79 Å². The Balaban J connectivity index is 2.17. The zero-order valence-corrected chi connectivity index (χ0v) is 10.3. The maximum absolute atomic E-state index is 11.6. The van der Waals surface area contributed by atoms with E-state index in [9.17, 15) is 14.7 Å². The van der Waals surface area contributed by atoms with E-state index in [1.54, 1.807) is 0 Å². The smallest absolute Gasteiger partial charge is 0.407 e. The number of benzene rings is 1. The highest BCUT2D eigenvalue weighted by Crippen LogP contribution is 2.36. The van der Waals surface area contributed by atoms with Gasteiger partial charge in [0.15, 0.2) is 0 Å². The second-order valence-electron chi connectivity index (χ2n) is 4.36. The van der Waals surface area contributed by atoms with Gasteiger partial charge in [0, 0.05) is 0 Å². The number of alkyl carbamates (subject to hydrolysis) is 1. The minimum absolute atomic E-state index is 0.0952. The molecule has 0 fully saturated rings.